The summed E-state index contributed by atoms with van der Waals surface area (Å²) in [4.78, 5) is 24.4. The number of rotatable bonds is 5. The van der Waals surface area contributed by atoms with Crippen molar-refractivity contribution < 1.29 is 14.7 Å². The molecular weight excluding hydrogens is 246 g/mol. The van der Waals surface area contributed by atoms with Gasteiger partial charge in [-0.3, -0.25) is 10.1 Å². The Labute approximate surface area is 112 Å². The number of hydrogen-bond donors (Lipinski definition) is 3. The second-order valence-electron chi connectivity index (χ2n) is 4.19. The highest BCUT2D eigenvalue weighted by Gasteiger charge is 2.14. The SMILES string of the molecule is CNC(=O)NC(=O)CN(C[C@@H](C)O)c1ccccc1. The fourth-order valence-electron chi connectivity index (χ4n) is 1.62. The minimum Gasteiger partial charge on any atom is -0.392 e. The average molecular weight is 265 g/mol. The Kier molecular flexibility index (Phi) is 5.81. The van der Waals surface area contributed by atoms with E-state index in [1.807, 2.05) is 30.3 Å². The molecule has 0 aliphatic rings. The molecule has 0 radical (unpaired) electrons. The number of hydrogen-bond acceptors (Lipinski definition) is 4. The molecule has 3 amide bonds. The first-order chi connectivity index (χ1) is 9.02. The molecule has 0 fully saturated rings. The Morgan fingerprint density at radius 2 is 1.95 bits per heavy atom. The molecule has 0 bridgehead atoms. The van der Waals surface area contributed by atoms with Crippen LogP contribution in [0.5, 0.6) is 0 Å². The summed E-state index contributed by atoms with van der Waals surface area (Å²) in [6, 6.07) is 8.71. The van der Waals surface area contributed by atoms with Crippen molar-refractivity contribution >= 4 is 17.6 Å². The van der Waals surface area contributed by atoms with Gasteiger partial charge < -0.3 is 15.3 Å². The summed E-state index contributed by atoms with van der Waals surface area (Å²) >= 11 is 0. The lowest BCUT2D eigenvalue weighted by molar-refractivity contribution is -0.118. The molecule has 1 rings (SSSR count). The fraction of sp³-hybridized carbons (Fsp3) is 0.385. The number of anilines is 1. The van der Waals surface area contributed by atoms with Crippen molar-refractivity contribution in [3.63, 3.8) is 0 Å². The van der Waals surface area contributed by atoms with Gasteiger partial charge in [0.25, 0.3) is 0 Å². The molecule has 0 aliphatic carbocycles. The second kappa shape index (κ2) is 7.38. The summed E-state index contributed by atoms with van der Waals surface area (Å²) in [7, 11) is 1.44. The summed E-state index contributed by atoms with van der Waals surface area (Å²) in [6.07, 6.45) is -0.576. The van der Waals surface area contributed by atoms with Crippen LogP contribution in [-0.2, 0) is 4.79 Å². The maximum Gasteiger partial charge on any atom is 0.321 e. The molecule has 1 atom stereocenters. The highest BCUT2D eigenvalue weighted by atomic mass is 16.3. The molecule has 0 spiro atoms. The van der Waals surface area contributed by atoms with Crippen LogP contribution in [0.3, 0.4) is 0 Å². The number of imide groups is 1. The monoisotopic (exact) mass is 265 g/mol. The first-order valence-electron chi connectivity index (χ1n) is 6.02. The number of urea groups is 1. The Hall–Kier alpha value is -2.08. The lowest BCUT2D eigenvalue weighted by Gasteiger charge is -2.25. The molecule has 19 heavy (non-hydrogen) atoms. The molecule has 3 N–H and O–H groups in total. The van der Waals surface area contributed by atoms with E-state index in [-0.39, 0.29) is 6.54 Å². The first kappa shape index (κ1) is 15.0. The topological polar surface area (TPSA) is 81.7 Å². The van der Waals surface area contributed by atoms with Crippen LogP contribution in [0.2, 0.25) is 0 Å². The standard InChI is InChI=1S/C13H19N3O3/c1-10(17)8-16(11-6-4-3-5-7-11)9-12(18)15-13(19)14-2/h3-7,10,17H,8-9H2,1-2H3,(H2,14,15,18,19)/t10-/m1/s1. The minimum atomic E-state index is -0.576. The number of aliphatic hydroxyl groups excluding tert-OH is 1. The summed E-state index contributed by atoms with van der Waals surface area (Å²) < 4.78 is 0. The molecule has 0 saturated carbocycles. The number of amides is 3. The summed E-state index contributed by atoms with van der Waals surface area (Å²) in [5.74, 6) is -0.427. The van der Waals surface area contributed by atoms with Crippen LogP contribution in [0.15, 0.2) is 30.3 Å². The predicted molar refractivity (Wildman–Crippen MR) is 72.9 cm³/mol. The first-order valence-corrected chi connectivity index (χ1v) is 6.02. The van der Waals surface area contributed by atoms with Gasteiger partial charge in [-0.15, -0.1) is 0 Å². The van der Waals surface area contributed by atoms with Gasteiger partial charge in [-0.1, -0.05) is 18.2 Å². The number of carbonyl (C=O) groups excluding carboxylic acids is 2. The van der Waals surface area contributed by atoms with E-state index in [2.05, 4.69) is 10.6 Å². The fourth-order valence-corrected chi connectivity index (χ4v) is 1.62. The average Bonchev–Trinajstić information content (AvgIpc) is 2.38. The van der Waals surface area contributed by atoms with E-state index >= 15 is 0 Å². The van der Waals surface area contributed by atoms with Gasteiger partial charge in [-0.05, 0) is 19.1 Å². The number of nitrogens with zero attached hydrogens (tertiary/aromatic N) is 1. The number of aliphatic hydroxyl groups is 1. The van der Waals surface area contributed by atoms with Gasteiger partial charge in [0.15, 0.2) is 0 Å². The molecule has 0 saturated heterocycles. The quantitative estimate of drug-likeness (QED) is 0.716. The van der Waals surface area contributed by atoms with Crippen LogP contribution >= 0.6 is 0 Å². The van der Waals surface area contributed by atoms with Crippen LogP contribution in [0.25, 0.3) is 0 Å². The molecule has 0 aromatic heterocycles. The van der Waals surface area contributed by atoms with Crippen molar-refractivity contribution in [3.8, 4) is 0 Å². The van der Waals surface area contributed by atoms with Crippen LogP contribution < -0.4 is 15.5 Å². The van der Waals surface area contributed by atoms with E-state index in [9.17, 15) is 14.7 Å². The van der Waals surface area contributed by atoms with Crippen LogP contribution in [-0.4, -0.2) is 43.3 Å². The molecule has 1 aromatic rings. The van der Waals surface area contributed by atoms with E-state index < -0.39 is 18.0 Å². The number of carbonyl (C=O) groups is 2. The molecule has 6 nitrogen and oxygen atoms in total. The van der Waals surface area contributed by atoms with E-state index in [1.165, 1.54) is 7.05 Å². The lowest BCUT2D eigenvalue weighted by Crippen LogP contribution is -2.45. The van der Waals surface area contributed by atoms with E-state index in [4.69, 9.17) is 0 Å². The summed E-state index contributed by atoms with van der Waals surface area (Å²) in [6.45, 7) is 1.96. The predicted octanol–water partition coefficient (Wildman–Crippen LogP) is 0.329. The summed E-state index contributed by atoms with van der Waals surface area (Å²) in [5.41, 5.74) is 0.815. The molecule has 1 aromatic carbocycles. The van der Waals surface area contributed by atoms with E-state index in [0.717, 1.165) is 5.69 Å². The van der Waals surface area contributed by atoms with E-state index in [1.54, 1.807) is 11.8 Å². The number of benzene rings is 1. The molecule has 6 heteroatoms. The van der Waals surface area contributed by atoms with Crippen molar-refractivity contribution in [1.29, 1.82) is 0 Å². The van der Waals surface area contributed by atoms with Crippen LogP contribution in [0.1, 0.15) is 6.92 Å². The molecule has 0 heterocycles. The van der Waals surface area contributed by atoms with Gasteiger partial charge in [0.2, 0.25) is 5.91 Å². The summed E-state index contributed by atoms with van der Waals surface area (Å²) in [5, 5.41) is 14.0. The van der Waals surface area contributed by atoms with Crippen LogP contribution in [0, 0.1) is 0 Å². The third-order valence-electron chi connectivity index (χ3n) is 2.42. The molecule has 0 aliphatic heterocycles. The third-order valence-corrected chi connectivity index (χ3v) is 2.42. The third kappa shape index (κ3) is 5.39. The van der Waals surface area contributed by atoms with Crippen molar-refractivity contribution in [2.75, 3.05) is 25.0 Å². The van der Waals surface area contributed by atoms with E-state index in [0.29, 0.717) is 6.54 Å². The number of para-hydroxylation sites is 1. The zero-order valence-electron chi connectivity index (χ0n) is 11.1. The van der Waals surface area contributed by atoms with Gasteiger partial charge in [-0.25, -0.2) is 4.79 Å². The van der Waals surface area contributed by atoms with Gasteiger partial charge >= 0.3 is 6.03 Å². The van der Waals surface area contributed by atoms with Gasteiger partial charge in [-0.2, -0.15) is 0 Å². The van der Waals surface area contributed by atoms with Crippen molar-refractivity contribution in [3.05, 3.63) is 30.3 Å². The smallest absolute Gasteiger partial charge is 0.321 e. The normalized spacial score (nSPS) is 11.5. The van der Waals surface area contributed by atoms with Gasteiger partial charge in [0, 0.05) is 19.3 Å². The van der Waals surface area contributed by atoms with Crippen LogP contribution in [0.4, 0.5) is 10.5 Å². The zero-order chi connectivity index (χ0) is 14.3. The van der Waals surface area contributed by atoms with Crippen molar-refractivity contribution in [2.24, 2.45) is 0 Å². The highest BCUT2D eigenvalue weighted by molar-refractivity contribution is 5.96. The minimum absolute atomic E-state index is 0.00231. The lowest BCUT2D eigenvalue weighted by atomic mass is 10.2. The van der Waals surface area contributed by atoms with Crippen molar-refractivity contribution in [2.45, 2.75) is 13.0 Å². The Balaban J connectivity index is 2.70. The Bertz CT molecular complexity index is 420. The zero-order valence-corrected chi connectivity index (χ0v) is 11.1. The van der Waals surface area contributed by atoms with Crippen molar-refractivity contribution in [1.82, 2.24) is 10.6 Å². The molecule has 0 unspecified atom stereocenters. The van der Waals surface area contributed by atoms with Gasteiger partial charge in [0.05, 0.1) is 12.6 Å². The Morgan fingerprint density at radius 1 is 1.32 bits per heavy atom. The molecular formula is C13H19N3O3. The largest absolute Gasteiger partial charge is 0.392 e. The highest BCUT2D eigenvalue weighted by Crippen LogP contribution is 2.13. The maximum absolute atomic E-state index is 11.7. The second-order valence-corrected chi connectivity index (χ2v) is 4.19. The maximum atomic E-state index is 11.7. The molecule has 104 valence electrons. The Morgan fingerprint density at radius 3 is 2.47 bits per heavy atom. The number of nitrogens with one attached hydrogen (secondary N) is 2. The van der Waals surface area contributed by atoms with Gasteiger partial charge in [0.1, 0.15) is 0 Å².